The number of aromatic nitrogens is 3. The van der Waals surface area contributed by atoms with E-state index in [1.54, 1.807) is 48.5 Å². The molecule has 1 amide bonds. The monoisotopic (exact) mass is 480 g/mol. The Labute approximate surface area is 206 Å². The molecule has 0 saturated heterocycles. The lowest BCUT2D eigenvalue weighted by Gasteiger charge is -2.17. The van der Waals surface area contributed by atoms with Crippen LogP contribution in [0.15, 0.2) is 88.5 Å². The SMILES string of the molecule is CCCn1c(=O)c(C(=O)Nn2c(Cc3ccccc3)nc3ccccc3c2=O)c(O)c2ccccc21. The van der Waals surface area contributed by atoms with E-state index in [1.165, 1.54) is 4.57 Å². The number of aromatic hydroxyl groups is 1. The fourth-order valence-electron chi connectivity index (χ4n) is 4.39. The number of nitrogens with one attached hydrogen (secondary N) is 1. The van der Waals surface area contributed by atoms with Crippen LogP contribution in [0.2, 0.25) is 0 Å². The largest absolute Gasteiger partial charge is 0.506 e. The molecule has 0 atom stereocenters. The average Bonchev–Trinajstić information content (AvgIpc) is 2.89. The van der Waals surface area contributed by atoms with Gasteiger partial charge in [-0.25, -0.2) is 9.66 Å². The van der Waals surface area contributed by atoms with Gasteiger partial charge in [-0.3, -0.25) is 19.8 Å². The van der Waals surface area contributed by atoms with Gasteiger partial charge in [0.05, 0.1) is 16.4 Å². The van der Waals surface area contributed by atoms with Crippen LogP contribution >= 0.6 is 0 Å². The Balaban J connectivity index is 1.67. The van der Waals surface area contributed by atoms with Crippen LogP contribution in [0.3, 0.4) is 0 Å². The third-order valence-electron chi connectivity index (χ3n) is 6.08. The predicted molar refractivity (Wildman–Crippen MR) is 139 cm³/mol. The zero-order valence-corrected chi connectivity index (χ0v) is 19.6. The fourth-order valence-corrected chi connectivity index (χ4v) is 4.39. The van der Waals surface area contributed by atoms with E-state index < -0.39 is 28.3 Å². The standard InChI is InChI=1S/C28H24N4O4/c1-2-16-31-22-15-9-7-13-20(22)25(33)24(28(31)36)26(34)30-32-23(17-18-10-4-3-5-11-18)29-21-14-8-6-12-19(21)27(32)35/h3-15,33H,2,16-17H2,1H3,(H,30,34). The highest BCUT2D eigenvalue weighted by Gasteiger charge is 2.24. The van der Waals surface area contributed by atoms with Crippen molar-refractivity contribution in [3.8, 4) is 5.75 Å². The van der Waals surface area contributed by atoms with Crippen molar-refractivity contribution in [1.82, 2.24) is 14.2 Å². The molecule has 0 unspecified atom stereocenters. The first-order valence-corrected chi connectivity index (χ1v) is 11.7. The van der Waals surface area contributed by atoms with Gasteiger partial charge in [0, 0.05) is 18.4 Å². The fraction of sp³-hybridized carbons (Fsp3) is 0.143. The van der Waals surface area contributed by atoms with Crippen molar-refractivity contribution < 1.29 is 9.90 Å². The third-order valence-corrected chi connectivity index (χ3v) is 6.08. The Morgan fingerprint density at radius 3 is 2.31 bits per heavy atom. The van der Waals surface area contributed by atoms with Crippen molar-refractivity contribution in [3.63, 3.8) is 0 Å². The van der Waals surface area contributed by atoms with Crippen LogP contribution in [-0.4, -0.2) is 25.2 Å². The van der Waals surface area contributed by atoms with Crippen LogP contribution in [0.1, 0.15) is 35.1 Å². The molecule has 0 saturated carbocycles. The van der Waals surface area contributed by atoms with Crippen LogP contribution < -0.4 is 16.5 Å². The molecule has 0 bridgehead atoms. The number of amides is 1. The van der Waals surface area contributed by atoms with E-state index in [4.69, 9.17) is 0 Å². The molecule has 0 radical (unpaired) electrons. The topological polar surface area (TPSA) is 106 Å². The van der Waals surface area contributed by atoms with E-state index in [2.05, 4.69) is 10.4 Å². The van der Waals surface area contributed by atoms with Gasteiger partial charge < -0.3 is 9.67 Å². The summed E-state index contributed by atoms with van der Waals surface area (Å²) in [7, 11) is 0. The van der Waals surface area contributed by atoms with Crippen molar-refractivity contribution in [2.45, 2.75) is 26.3 Å². The van der Waals surface area contributed by atoms with E-state index >= 15 is 0 Å². The Kier molecular flexibility index (Phi) is 6.08. The molecular weight excluding hydrogens is 456 g/mol. The van der Waals surface area contributed by atoms with Crippen LogP contribution in [0.4, 0.5) is 0 Å². The molecule has 0 aliphatic heterocycles. The van der Waals surface area contributed by atoms with Crippen LogP contribution in [-0.2, 0) is 13.0 Å². The lowest BCUT2D eigenvalue weighted by Crippen LogP contribution is -2.39. The second kappa shape index (κ2) is 9.50. The zero-order chi connectivity index (χ0) is 25.2. The van der Waals surface area contributed by atoms with Gasteiger partial charge in [-0.05, 0) is 36.2 Å². The molecule has 5 aromatic rings. The highest BCUT2D eigenvalue weighted by Crippen LogP contribution is 2.26. The molecule has 5 rings (SSSR count). The maximum Gasteiger partial charge on any atom is 0.280 e. The van der Waals surface area contributed by atoms with E-state index in [0.29, 0.717) is 40.6 Å². The van der Waals surface area contributed by atoms with Gasteiger partial charge in [-0.2, -0.15) is 0 Å². The van der Waals surface area contributed by atoms with Crippen LogP contribution in [0.25, 0.3) is 21.8 Å². The number of aryl methyl sites for hydroxylation is 1. The molecule has 0 spiro atoms. The Morgan fingerprint density at radius 2 is 1.56 bits per heavy atom. The number of para-hydroxylation sites is 2. The second-order valence-electron chi connectivity index (χ2n) is 8.49. The zero-order valence-electron chi connectivity index (χ0n) is 19.6. The molecule has 8 heteroatoms. The summed E-state index contributed by atoms with van der Waals surface area (Å²) >= 11 is 0. The maximum absolute atomic E-state index is 13.5. The highest BCUT2D eigenvalue weighted by atomic mass is 16.3. The van der Waals surface area contributed by atoms with Gasteiger partial charge in [0.2, 0.25) is 0 Å². The first-order valence-electron chi connectivity index (χ1n) is 11.7. The number of benzene rings is 3. The van der Waals surface area contributed by atoms with Crippen LogP contribution in [0.5, 0.6) is 5.75 Å². The molecule has 0 aliphatic rings. The number of rotatable bonds is 6. The van der Waals surface area contributed by atoms with Crippen molar-refractivity contribution in [3.05, 3.63) is 117 Å². The normalized spacial score (nSPS) is 11.1. The average molecular weight is 481 g/mol. The maximum atomic E-state index is 13.5. The van der Waals surface area contributed by atoms with E-state index in [-0.39, 0.29) is 6.42 Å². The number of fused-ring (bicyclic) bond motifs is 2. The third kappa shape index (κ3) is 4.02. The van der Waals surface area contributed by atoms with Gasteiger partial charge >= 0.3 is 0 Å². The molecule has 2 heterocycles. The van der Waals surface area contributed by atoms with Gasteiger partial charge in [0.25, 0.3) is 17.0 Å². The second-order valence-corrected chi connectivity index (χ2v) is 8.49. The number of hydrogen-bond acceptors (Lipinski definition) is 5. The number of carbonyl (C=O) groups is 1. The molecule has 0 aliphatic carbocycles. The predicted octanol–water partition coefficient (Wildman–Crippen LogP) is 3.80. The lowest BCUT2D eigenvalue weighted by atomic mass is 10.1. The molecule has 8 nitrogen and oxygen atoms in total. The number of carbonyl (C=O) groups excluding carboxylic acids is 1. The summed E-state index contributed by atoms with van der Waals surface area (Å²) in [6.45, 7) is 2.29. The summed E-state index contributed by atoms with van der Waals surface area (Å²) in [5.74, 6) is -1.01. The van der Waals surface area contributed by atoms with Gasteiger partial charge in [-0.1, -0.05) is 61.5 Å². The smallest absolute Gasteiger partial charge is 0.280 e. The summed E-state index contributed by atoms with van der Waals surface area (Å²) in [5.41, 5.74) is 2.95. The van der Waals surface area contributed by atoms with Gasteiger partial charge in [-0.15, -0.1) is 0 Å². The van der Waals surface area contributed by atoms with Gasteiger partial charge in [0.15, 0.2) is 0 Å². The first kappa shape index (κ1) is 23.0. The molecule has 2 aromatic heterocycles. The lowest BCUT2D eigenvalue weighted by molar-refractivity contribution is 0.100. The number of pyridine rings is 1. The minimum atomic E-state index is -0.887. The molecule has 3 aromatic carbocycles. The minimum Gasteiger partial charge on any atom is -0.506 e. The molecule has 0 fully saturated rings. The summed E-state index contributed by atoms with van der Waals surface area (Å²) < 4.78 is 2.53. The van der Waals surface area contributed by atoms with Crippen molar-refractivity contribution in [1.29, 1.82) is 0 Å². The van der Waals surface area contributed by atoms with E-state index in [0.717, 1.165) is 10.2 Å². The van der Waals surface area contributed by atoms with E-state index in [1.807, 2.05) is 37.3 Å². The number of hydrogen-bond donors (Lipinski definition) is 2. The van der Waals surface area contributed by atoms with E-state index in [9.17, 15) is 19.5 Å². The molecule has 180 valence electrons. The highest BCUT2D eigenvalue weighted by molar-refractivity contribution is 6.06. The molecule has 36 heavy (non-hydrogen) atoms. The summed E-state index contributed by atoms with van der Waals surface area (Å²) in [6, 6.07) is 23.2. The summed E-state index contributed by atoms with van der Waals surface area (Å²) in [6.07, 6.45) is 0.927. The van der Waals surface area contributed by atoms with Gasteiger partial charge in [0.1, 0.15) is 17.1 Å². The van der Waals surface area contributed by atoms with Crippen molar-refractivity contribution in [2.75, 3.05) is 5.43 Å². The molecule has 2 N–H and O–H groups in total. The first-order chi connectivity index (χ1) is 17.5. The van der Waals surface area contributed by atoms with Crippen LogP contribution in [0, 0.1) is 0 Å². The quantitative estimate of drug-likeness (QED) is 0.385. The Bertz CT molecular complexity index is 1720. The molecular formula is C28H24N4O4. The number of nitrogens with zero attached hydrogens (tertiary/aromatic N) is 3. The van der Waals surface area contributed by atoms with Crippen molar-refractivity contribution >= 4 is 27.7 Å². The Hall–Kier alpha value is -4.72. The Morgan fingerprint density at radius 1 is 0.889 bits per heavy atom. The summed E-state index contributed by atoms with van der Waals surface area (Å²) in [4.78, 5) is 44.9. The summed E-state index contributed by atoms with van der Waals surface area (Å²) in [5, 5.41) is 11.6. The minimum absolute atomic E-state index is 0.269. The van der Waals surface area contributed by atoms with Crippen molar-refractivity contribution in [2.24, 2.45) is 0 Å².